The molecule has 1 amide bonds. The molecular weight excluding hydrogens is 510 g/mol. The van der Waals surface area contributed by atoms with Crippen LogP contribution in [0.1, 0.15) is 18.4 Å². The van der Waals surface area contributed by atoms with Gasteiger partial charge in [0.25, 0.3) is 0 Å². The SMILES string of the molecule is CN=C(NCC(=O)N1CCCc2ccccc21)NC1CCN(c2ncccc2F)C1.I. The summed E-state index contributed by atoms with van der Waals surface area (Å²) >= 11 is 0. The Balaban J connectivity index is 0.00000272. The van der Waals surface area contributed by atoms with Crippen LogP contribution in [0.4, 0.5) is 15.9 Å². The van der Waals surface area contributed by atoms with E-state index < -0.39 is 0 Å². The van der Waals surface area contributed by atoms with Crippen molar-refractivity contribution in [3.63, 3.8) is 0 Å². The van der Waals surface area contributed by atoms with E-state index in [1.807, 2.05) is 28.0 Å². The van der Waals surface area contributed by atoms with E-state index in [4.69, 9.17) is 0 Å². The Morgan fingerprint density at radius 1 is 1.26 bits per heavy atom. The molecule has 3 heterocycles. The van der Waals surface area contributed by atoms with Gasteiger partial charge in [-0.3, -0.25) is 9.79 Å². The fourth-order valence-corrected chi connectivity index (χ4v) is 4.12. The molecule has 4 rings (SSSR count). The Hall–Kier alpha value is -2.43. The molecule has 1 atom stereocenters. The summed E-state index contributed by atoms with van der Waals surface area (Å²) in [6.07, 6.45) is 4.41. The number of carbonyl (C=O) groups excluding carboxylic acids is 1. The molecule has 0 bridgehead atoms. The van der Waals surface area contributed by atoms with Crippen molar-refractivity contribution < 1.29 is 9.18 Å². The molecule has 2 aliphatic rings. The summed E-state index contributed by atoms with van der Waals surface area (Å²) in [6.45, 7) is 2.24. The number of halogens is 2. The quantitative estimate of drug-likeness (QED) is 0.356. The maximum Gasteiger partial charge on any atom is 0.246 e. The van der Waals surface area contributed by atoms with Crippen molar-refractivity contribution in [3.05, 3.63) is 54.0 Å². The summed E-state index contributed by atoms with van der Waals surface area (Å²) in [5.74, 6) is 0.660. The fraction of sp³-hybridized carbons (Fsp3) is 0.409. The molecular formula is C22H28FIN6O. The summed E-state index contributed by atoms with van der Waals surface area (Å²) < 4.78 is 14.0. The number of benzene rings is 1. The van der Waals surface area contributed by atoms with Gasteiger partial charge in [0.1, 0.15) is 0 Å². The number of fused-ring (bicyclic) bond motifs is 1. The van der Waals surface area contributed by atoms with Crippen LogP contribution in [0.25, 0.3) is 0 Å². The van der Waals surface area contributed by atoms with Crippen LogP contribution in [0.15, 0.2) is 47.6 Å². The highest BCUT2D eigenvalue weighted by Gasteiger charge is 2.26. The normalized spacial score (nSPS) is 18.3. The number of para-hydroxylation sites is 1. The Labute approximate surface area is 199 Å². The molecule has 0 spiro atoms. The number of hydrogen-bond acceptors (Lipinski definition) is 4. The van der Waals surface area contributed by atoms with Gasteiger partial charge in [-0.2, -0.15) is 0 Å². The van der Waals surface area contributed by atoms with E-state index in [0.29, 0.717) is 24.9 Å². The van der Waals surface area contributed by atoms with Crippen LogP contribution in [0.5, 0.6) is 0 Å². The number of rotatable bonds is 4. The minimum absolute atomic E-state index is 0. The van der Waals surface area contributed by atoms with Gasteiger partial charge in [-0.1, -0.05) is 18.2 Å². The summed E-state index contributed by atoms with van der Waals surface area (Å²) in [5, 5.41) is 6.47. The van der Waals surface area contributed by atoms with Crippen LogP contribution >= 0.6 is 24.0 Å². The van der Waals surface area contributed by atoms with Gasteiger partial charge in [-0.05, 0) is 43.0 Å². The maximum absolute atomic E-state index is 14.0. The maximum atomic E-state index is 14.0. The molecule has 2 aromatic rings. The lowest BCUT2D eigenvalue weighted by Crippen LogP contribution is -2.49. The van der Waals surface area contributed by atoms with Crippen LogP contribution in [-0.4, -0.2) is 56.1 Å². The Bertz CT molecular complexity index is 940. The zero-order valence-electron chi connectivity index (χ0n) is 17.6. The first-order chi connectivity index (χ1) is 14.7. The number of amides is 1. The molecule has 9 heteroatoms. The monoisotopic (exact) mass is 538 g/mol. The number of hydrogen-bond donors (Lipinski definition) is 2. The predicted molar refractivity (Wildman–Crippen MR) is 132 cm³/mol. The lowest BCUT2D eigenvalue weighted by atomic mass is 10.0. The second-order valence-electron chi connectivity index (χ2n) is 7.59. The van der Waals surface area contributed by atoms with Crippen molar-refractivity contribution >= 4 is 47.3 Å². The minimum Gasteiger partial charge on any atom is -0.352 e. The van der Waals surface area contributed by atoms with Crippen LogP contribution in [0, 0.1) is 5.82 Å². The standard InChI is InChI=1S/C22H27FN6O.HI/c1-24-22(27-17-10-13-28(15-17)21-18(23)8-4-11-25-21)26-14-20(30)29-12-5-7-16-6-2-3-9-19(16)29;/h2-4,6,8-9,11,17H,5,7,10,12-15H2,1H3,(H2,24,26,27);1H. The third kappa shape index (κ3) is 5.44. The van der Waals surface area contributed by atoms with Gasteiger partial charge < -0.3 is 20.4 Å². The number of nitrogens with zero attached hydrogens (tertiary/aromatic N) is 4. The van der Waals surface area contributed by atoms with E-state index in [-0.39, 0.29) is 48.3 Å². The largest absolute Gasteiger partial charge is 0.352 e. The van der Waals surface area contributed by atoms with E-state index in [1.54, 1.807) is 19.3 Å². The average Bonchev–Trinajstić information content (AvgIpc) is 3.24. The van der Waals surface area contributed by atoms with Crippen molar-refractivity contribution in [2.75, 3.05) is 43.0 Å². The predicted octanol–water partition coefficient (Wildman–Crippen LogP) is 2.56. The molecule has 1 unspecified atom stereocenters. The number of aliphatic imine (C=N–C) groups is 1. The molecule has 2 aliphatic heterocycles. The van der Waals surface area contributed by atoms with Crippen LogP contribution in [0.2, 0.25) is 0 Å². The molecule has 2 N–H and O–H groups in total. The zero-order chi connectivity index (χ0) is 20.9. The average molecular weight is 538 g/mol. The number of anilines is 2. The highest BCUT2D eigenvalue weighted by molar-refractivity contribution is 14.0. The second kappa shape index (κ2) is 10.7. The highest BCUT2D eigenvalue weighted by atomic mass is 127. The first-order valence-corrected chi connectivity index (χ1v) is 10.4. The van der Waals surface area contributed by atoms with Gasteiger partial charge in [0.2, 0.25) is 5.91 Å². The number of carbonyl (C=O) groups is 1. The van der Waals surface area contributed by atoms with Crippen molar-refractivity contribution in [1.82, 2.24) is 15.6 Å². The van der Waals surface area contributed by atoms with Crippen molar-refractivity contribution in [3.8, 4) is 0 Å². The first-order valence-electron chi connectivity index (χ1n) is 10.4. The molecule has 166 valence electrons. The number of guanidine groups is 1. The number of nitrogens with one attached hydrogen (secondary N) is 2. The van der Waals surface area contributed by atoms with Gasteiger partial charge in [0, 0.05) is 44.6 Å². The Morgan fingerprint density at radius 3 is 2.90 bits per heavy atom. The van der Waals surface area contributed by atoms with Crippen molar-refractivity contribution in [1.29, 1.82) is 0 Å². The second-order valence-corrected chi connectivity index (χ2v) is 7.59. The molecule has 7 nitrogen and oxygen atoms in total. The molecule has 0 saturated carbocycles. The molecule has 1 aromatic carbocycles. The summed E-state index contributed by atoms with van der Waals surface area (Å²) in [5.41, 5.74) is 2.22. The van der Waals surface area contributed by atoms with E-state index >= 15 is 0 Å². The van der Waals surface area contributed by atoms with Crippen LogP contribution in [0.3, 0.4) is 0 Å². The lowest BCUT2D eigenvalue weighted by Gasteiger charge is -2.29. The molecule has 0 aliphatic carbocycles. The lowest BCUT2D eigenvalue weighted by molar-refractivity contribution is -0.117. The highest BCUT2D eigenvalue weighted by Crippen LogP contribution is 2.26. The van der Waals surface area contributed by atoms with Crippen LogP contribution < -0.4 is 20.4 Å². The fourth-order valence-electron chi connectivity index (χ4n) is 4.12. The van der Waals surface area contributed by atoms with Crippen molar-refractivity contribution in [2.24, 2.45) is 4.99 Å². The summed E-state index contributed by atoms with van der Waals surface area (Å²) in [4.78, 5) is 25.0. The van der Waals surface area contributed by atoms with Gasteiger partial charge in [-0.25, -0.2) is 9.37 Å². The van der Waals surface area contributed by atoms with E-state index in [9.17, 15) is 9.18 Å². The Morgan fingerprint density at radius 2 is 2.10 bits per heavy atom. The molecule has 1 aromatic heterocycles. The van der Waals surface area contributed by atoms with Gasteiger partial charge in [-0.15, -0.1) is 24.0 Å². The molecule has 31 heavy (non-hydrogen) atoms. The third-order valence-electron chi connectivity index (χ3n) is 5.61. The van der Waals surface area contributed by atoms with E-state index in [1.165, 1.54) is 11.6 Å². The Kier molecular flexibility index (Phi) is 8.05. The topological polar surface area (TPSA) is 72.9 Å². The van der Waals surface area contributed by atoms with Gasteiger partial charge >= 0.3 is 0 Å². The van der Waals surface area contributed by atoms with E-state index in [2.05, 4.69) is 26.7 Å². The number of aromatic nitrogens is 1. The zero-order valence-corrected chi connectivity index (χ0v) is 19.9. The molecule has 1 fully saturated rings. The van der Waals surface area contributed by atoms with Crippen LogP contribution in [-0.2, 0) is 11.2 Å². The molecule has 1 saturated heterocycles. The first kappa shape index (κ1) is 23.2. The smallest absolute Gasteiger partial charge is 0.246 e. The molecule has 0 radical (unpaired) electrons. The van der Waals surface area contributed by atoms with E-state index in [0.717, 1.165) is 31.5 Å². The number of aryl methyl sites for hydroxylation is 1. The summed E-state index contributed by atoms with van der Waals surface area (Å²) in [6, 6.07) is 11.2. The summed E-state index contributed by atoms with van der Waals surface area (Å²) in [7, 11) is 1.68. The van der Waals surface area contributed by atoms with Gasteiger partial charge in [0.15, 0.2) is 17.6 Å². The van der Waals surface area contributed by atoms with Crippen molar-refractivity contribution in [2.45, 2.75) is 25.3 Å². The minimum atomic E-state index is -0.312. The van der Waals surface area contributed by atoms with Gasteiger partial charge in [0.05, 0.1) is 6.54 Å². The third-order valence-corrected chi connectivity index (χ3v) is 5.61. The number of pyridine rings is 1.